The van der Waals surface area contributed by atoms with E-state index in [0.717, 1.165) is 24.1 Å². The molecule has 3 heterocycles. The number of hydrogen-bond donors (Lipinski definition) is 2. The van der Waals surface area contributed by atoms with Gasteiger partial charge in [0.15, 0.2) is 5.69 Å². The minimum Gasteiger partial charge on any atom is -0.464 e. The number of ether oxygens (including phenoxy) is 2. The molecule has 0 saturated carbocycles. The first-order valence-corrected chi connectivity index (χ1v) is 12.4. The van der Waals surface area contributed by atoms with Crippen molar-refractivity contribution in [1.29, 1.82) is 0 Å². The fraction of sp³-hybridized carbons (Fsp3) is 0.276. The Balaban J connectivity index is 1.57. The van der Waals surface area contributed by atoms with E-state index >= 15 is 0 Å². The van der Waals surface area contributed by atoms with Crippen molar-refractivity contribution < 1.29 is 19.1 Å². The summed E-state index contributed by atoms with van der Waals surface area (Å²) in [7, 11) is 1.33. The molecule has 1 aliphatic heterocycles. The molecule has 37 heavy (non-hydrogen) atoms. The SMILES string of the molecule is COC(=O)c1c(NC(=O)c2ccccc2)c2cc(NCc3cccc(C)c3)cnc2n1CC1CCCO1. The maximum Gasteiger partial charge on any atom is 0.356 e. The summed E-state index contributed by atoms with van der Waals surface area (Å²) in [5.41, 5.74) is 4.80. The first-order valence-electron chi connectivity index (χ1n) is 12.4. The van der Waals surface area contributed by atoms with Crippen LogP contribution in [0.25, 0.3) is 11.0 Å². The Morgan fingerprint density at radius 3 is 2.70 bits per heavy atom. The van der Waals surface area contributed by atoms with E-state index in [1.807, 2.05) is 22.8 Å². The molecule has 8 nitrogen and oxygen atoms in total. The lowest BCUT2D eigenvalue weighted by Crippen LogP contribution is -2.21. The van der Waals surface area contributed by atoms with Gasteiger partial charge in [-0.2, -0.15) is 0 Å². The third-order valence-corrected chi connectivity index (χ3v) is 6.54. The van der Waals surface area contributed by atoms with Gasteiger partial charge in [-0.05, 0) is 43.5 Å². The smallest absolute Gasteiger partial charge is 0.356 e. The van der Waals surface area contributed by atoms with E-state index in [1.165, 1.54) is 12.7 Å². The van der Waals surface area contributed by atoms with Gasteiger partial charge in [0.05, 0.1) is 37.3 Å². The van der Waals surface area contributed by atoms with Gasteiger partial charge < -0.3 is 24.7 Å². The number of carbonyl (C=O) groups excluding carboxylic acids is 2. The molecule has 1 saturated heterocycles. The standard InChI is InChI=1S/C29H30N4O4/c1-19-8-6-9-20(14-19)16-30-22-15-24-25(32-28(34)21-10-4-3-5-11-21)26(29(35)36-2)33(27(24)31-17-22)18-23-12-7-13-37-23/h3-6,8-11,14-15,17,23,30H,7,12-13,16,18H2,1-2H3,(H,32,34). The summed E-state index contributed by atoms with van der Waals surface area (Å²) in [5.74, 6) is -0.867. The minimum absolute atomic E-state index is 0.0439. The number of nitrogens with one attached hydrogen (secondary N) is 2. The van der Waals surface area contributed by atoms with Crippen LogP contribution in [0.5, 0.6) is 0 Å². The second-order valence-electron chi connectivity index (χ2n) is 9.22. The first-order chi connectivity index (χ1) is 18.0. The van der Waals surface area contributed by atoms with Gasteiger partial charge in [0.2, 0.25) is 0 Å². The number of hydrogen-bond acceptors (Lipinski definition) is 6. The summed E-state index contributed by atoms with van der Waals surface area (Å²) in [6.07, 6.45) is 3.56. The Kier molecular flexibility index (Phi) is 7.18. The number of esters is 1. The van der Waals surface area contributed by atoms with E-state index < -0.39 is 5.97 Å². The molecular weight excluding hydrogens is 468 g/mol. The predicted molar refractivity (Wildman–Crippen MR) is 143 cm³/mol. The fourth-order valence-electron chi connectivity index (χ4n) is 4.73. The van der Waals surface area contributed by atoms with Gasteiger partial charge >= 0.3 is 5.97 Å². The molecule has 5 rings (SSSR count). The summed E-state index contributed by atoms with van der Waals surface area (Å²) in [6, 6.07) is 19.1. The lowest BCUT2D eigenvalue weighted by Gasteiger charge is -2.14. The Hall–Kier alpha value is -4.17. The lowest BCUT2D eigenvalue weighted by atomic mass is 10.1. The van der Waals surface area contributed by atoms with E-state index in [9.17, 15) is 9.59 Å². The van der Waals surface area contributed by atoms with E-state index in [0.29, 0.717) is 42.0 Å². The number of anilines is 2. The molecule has 0 radical (unpaired) electrons. The van der Waals surface area contributed by atoms with E-state index in [-0.39, 0.29) is 17.7 Å². The molecule has 0 aliphatic carbocycles. The zero-order valence-electron chi connectivity index (χ0n) is 21.0. The molecule has 0 spiro atoms. The van der Waals surface area contributed by atoms with Crippen LogP contribution in [-0.4, -0.2) is 41.2 Å². The zero-order chi connectivity index (χ0) is 25.8. The average Bonchev–Trinajstić information content (AvgIpc) is 3.54. The number of carbonyl (C=O) groups is 2. The van der Waals surface area contributed by atoms with Crippen LogP contribution >= 0.6 is 0 Å². The second kappa shape index (κ2) is 10.8. The quantitative estimate of drug-likeness (QED) is 0.325. The number of benzene rings is 2. The van der Waals surface area contributed by atoms with Crippen LogP contribution in [0.15, 0.2) is 66.9 Å². The van der Waals surface area contributed by atoms with Crippen LogP contribution in [0.3, 0.4) is 0 Å². The third kappa shape index (κ3) is 5.34. The highest BCUT2D eigenvalue weighted by Gasteiger charge is 2.29. The van der Waals surface area contributed by atoms with Crippen LogP contribution in [0.2, 0.25) is 0 Å². The average molecular weight is 499 g/mol. The highest BCUT2D eigenvalue weighted by molar-refractivity contribution is 6.14. The second-order valence-corrected chi connectivity index (χ2v) is 9.22. The predicted octanol–water partition coefficient (Wildman–Crippen LogP) is 5.17. The maximum absolute atomic E-state index is 13.2. The summed E-state index contributed by atoms with van der Waals surface area (Å²) in [5, 5.41) is 7.03. The maximum atomic E-state index is 13.2. The van der Waals surface area contributed by atoms with Gasteiger partial charge in [-0.25, -0.2) is 9.78 Å². The summed E-state index contributed by atoms with van der Waals surface area (Å²) in [4.78, 5) is 31.0. The summed E-state index contributed by atoms with van der Waals surface area (Å²) >= 11 is 0. The van der Waals surface area contributed by atoms with Crippen LogP contribution < -0.4 is 10.6 Å². The number of amides is 1. The van der Waals surface area contributed by atoms with Crippen molar-refractivity contribution in [2.45, 2.75) is 39.0 Å². The van der Waals surface area contributed by atoms with Crippen LogP contribution in [0.4, 0.5) is 11.4 Å². The van der Waals surface area contributed by atoms with E-state index in [2.05, 4.69) is 35.8 Å². The molecule has 2 aromatic heterocycles. The number of aromatic nitrogens is 2. The van der Waals surface area contributed by atoms with Gasteiger partial charge in [0, 0.05) is 24.1 Å². The number of pyridine rings is 1. The lowest BCUT2D eigenvalue weighted by molar-refractivity contribution is 0.0580. The molecule has 0 bridgehead atoms. The highest BCUT2D eigenvalue weighted by Crippen LogP contribution is 2.34. The molecule has 1 atom stereocenters. The molecule has 2 aromatic carbocycles. The van der Waals surface area contributed by atoms with Crippen LogP contribution in [0, 0.1) is 6.92 Å². The molecule has 1 amide bonds. The largest absolute Gasteiger partial charge is 0.464 e. The van der Waals surface area contributed by atoms with Gasteiger partial charge in [-0.3, -0.25) is 4.79 Å². The van der Waals surface area contributed by atoms with Gasteiger partial charge in [0.25, 0.3) is 5.91 Å². The monoisotopic (exact) mass is 498 g/mol. The zero-order valence-corrected chi connectivity index (χ0v) is 21.0. The Bertz CT molecular complexity index is 1420. The Morgan fingerprint density at radius 1 is 1.14 bits per heavy atom. The normalized spacial score (nSPS) is 15.0. The number of methoxy groups -OCH3 is 1. The van der Waals surface area contributed by atoms with Crippen molar-refractivity contribution >= 4 is 34.3 Å². The van der Waals surface area contributed by atoms with Crippen molar-refractivity contribution in [3.63, 3.8) is 0 Å². The van der Waals surface area contributed by atoms with Crippen LogP contribution in [0.1, 0.15) is 44.8 Å². The summed E-state index contributed by atoms with van der Waals surface area (Å²) in [6.45, 7) is 3.80. The molecule has 190 valence electrons. The van der Waals surface area contributed by atoms with Crippen molar-refractivity contribution in [2.24, 2.45) is 0 Å². The third-order valence-electron chi connectivity index (χ3n) is 6.54. The molecule has 1 fully saturated rings. The number of rotatable bonds is 8. The van der Waals surface area contributed by atoms with Gasteiger partial charge in [-0.1, -0.05) is 48.0 Å². The number of aryl methyl sites for hydroxylation is 1. The molecule has 8 heteroatoms. The van der Waals surface area contributed by atoms with Crippen LogP contribution in [-0.2, 0) is 22.6 Å². The molecule has 1 unspecified atom stereocenters. The Morgan fingerprint density at radius 2 is 1.97 bits per heavy atom. The van der Waals surface area contributed by atoms with Crippen molar-refractivity contribution in [3.05, 3.63) is 89.2 Å². The van der Waals surface area contributed by atoms with Crippen molar-refractivity contribution in [2.75, 3.05) is 24.4 Å². The Labute approximate surface area is 215 Å². The minimum atomic E-state index is -0.548. The molecule has 1 aliphatic rings. The number of fused-ring (bicyclic) bond motifs is 1. The fourth-order valence-corrected chi connectivity index (χ4v) is 4.73. The summed E-state index contributed by atoms with van der Waals surface area (Å²) < 4.78 is 12.8. The van der Waals surface area contributed by atoms with Crippen molar-refractivity contribution in [1.82, 2.24) is 9.55 Å². The van der Waals surface area contributed by atoms with E-state index in [1.54, 1.807) is 30.5 Å². The first kappa shape index (κ1) is 24.5. The van der Waals surface area contributed by atoms with E-state index in [4.69, 9.17) is 14.5 Å². The van der Waals surface area contributed by atoms with Gasteiger partial charge in [-0.15, -0.1) is 0 Å². The molecular formula is C29H30N4O4. The van der Waals surface area contributed by atoms with Crippen molar-refractivity contribution in [3.8, 4) is 0 Å². The topological polar surface area (TPSA) is 94.5 Å². The highest BCUT2D eigenvalue weighted by atomic mass is 16.5. The molecule has 4 aromatic rings. The molecule has 2 N–H and O–H groups in total. The number of nitrogens with zero attached hydrogens (tertiary/aromatic N) is 2. The van der Waals surface area contributed by atoms with Gasteiger partial charge in [0.1, 0.15) is 5.65 Å².